The lowest BCUT2D eigenvalue weighted by Crippen LogP contribution is -2.16. The monoisotopic (exact) mass is 355 g/mol. The highest BCUT2D eigenvalue weighted by atomic mass is 16.5. The molecule has 2 rings (SSSR count). The van der Waals surface area contributed by atoms with Crippen LogP contribution in [0.2, 0.25) is 0 Å². The van der Waals surface area contributed by atoms with Crippen LogP contribution in [0.1, 0.15) is 37.4 Å². The lowest BCUT2D eigenvalue weighted by atomic mass is 10.0. The summed E-state index contributed by atoms with van der Waals surface area (Å²) in [5.41, 5.74) is 3.76. The van der Waals surface area contributed by atoms with Gasteiger partial charge in [-0.3, -0.25) is 4.79 Å². The minimum Gasteiger partial charge on any atom is -0.465 e. The minimum atomic E-state index is -0.611. The largest absolute Gasteiger partial charge is 0.465 e. The number of amides is 1. The zero-order chi connectivity index (χ0) is 19.3. The van der Waals surface area contributed by atoms with Crippen LogP contribution in [0.4, 0.5) is 5.69 Å². The van der Waals surface area contributed by atoms with Crippen molar-refractivity contribution in [1.29, 1.82) is 0 Å². The van der Waals surface area contributed by atoms with E-state index in [1.165, 1.54) is 32.4 Å². The Labute approximate surface area is 152 Å². The van der Waals surface area contributed by atoms with E-state index in [4.69, 9.17) is 0 Å². The second kappa shape index (κ2) is 8.29. The number of nitrogens with one attached hydrogen (secondary N) is 1. The number of carbonyl (C=O) groups excluding carboxylic acids is 3. The van der Waals surface area contributed by atoms with E-state index >= 15 is 0 Å². The Morgan fingerprint density at radius 2 is 1.42 bits per heavy atom. The van der Waals surface area contributed by atoms with E-state index in [2.05, 4.69) is 14.8 Å². The maximum atomic E-state index is 12.3. The van der Waals surface area contributed by atoms with Gasteiger partial charge in [0.2, 0.25) is 5.91 Å². The van der Waals surface area contributed by atoms with Crippen molar-refractivity contribution in [2.24, 2.45) is 0 Å². The van der Waals surface area contributed by atoms with Gasteiger partial charge in [-0.05, 0) is 48.7 Å². The number of rotatable bonds is 5. The van der Waals surface area contributed by atoms with Gasteiger partial charge < -0.3 is 14.8 Å². The SMILES string of the molecule is COC(=O)c1cc(NC(=O)Cc2ccc(C)c(C)c2)cc(C(=O)OC)c1. The molecule has 1 N–H and O–H groups in total. The van der Waals surface area contributed by atoms with Crippen molar-refractivity contribution < 1.29 is 23.9 Å². The first-order valence-electron chi connectivity index (χ1n) is 8.01. The molecule has 0 saturated carbocycles. The van der Waals surface area contributed by atoms with E-state index in [1.807, 2.05) is 32.0 Å². The van der Waals surface area contributed by atoms with Crippen LogP contribution in [0.15, 0.2) is 36.4 Å². The van der Waals surface area contributed by atoms with Crippen LogP contribution < -0.4 is 5.32 Å². The molecule has 2 aromatic rings. The van der Waals surface area contributed by atoms with Gasteiger partial charge in [0.05, 0.1) is 31.8 Å². The van der Waals surface area contributed by atoms with E-state index in [0.717, 1.165) is 16.7 Å². The maximum absolute atomic E-state index is 12.3. The first-order valence-corrected chi connectivity index (χ1v) is 8.01. The number of esters is 2. The van der Waals surface area contributed by atoms with Gasteiger partial charge in [-0.1, -0.05) is 18.2 Å². The van der Waals surface area contributed by atoms with Gasteiger partial charge in [-0.25, -0.2) is 9.59 Å². The summed E-state index contributed by atoms with van der Waals surface area (Å²) in [5.74, 6) is -1.48. The Hall–Kier alpha value is -3.15. The third-order valence-electron chi connectivity index (χ3n) is 3.99. The topological polar surface area (TPSA) is 81.7 Å². The molecule has 2 aromatic carbocycles. The summed E-state index contributed by atoms with van der Waals surface area (Å²) < 4.78 is 9.36. The standard InChI is InChI=1S/C20H21NO5/c1-12-5-6-14(7-13(12)2)8-18(22)21-17-10-15(19(23)25-3)9-16(11-17)20(24)26-4/h5-7,9-11H,8H2,1-4H3,(H,21,22). The number of carbonyl (C=O) groups is 3. The molecular weight excluding hydrogens is 334 g/mol. The van der Waals surface area contributed by atoms with E-state index in [-0.39, 0.29) is 23.5 Å². The number of ether oxygens (including phenoxy) is 2. The number of anilines is 1. The molecule has 6 nitrogen and oxygen atoms in total. The quantitative estimate of drug-likeness (QED) is 0.834. The predicted molar refractivity (Wildman–Crippen MR) is 97.4 cm³/mol. The van der Waals surface area contributed by atoms with Crippen molar-refractivity contribution in [1.82, 2.24) is 0 Å². The van der Waals surface area contributed by atoms with E-state index in [9.17, 15) is 14.4 Å². The molecule has 0 saturated heterocycles. The van der Waals surface area contributed by atoms with Gasteiger partial charge in [-0.15, -0.1) is 0 Å². The molecule has 0 aliphatic rings. The molecular formula is C20H21NO5. The van der Waals surface area contributed by atoms with E-state index in [0.29, 0.717) is 5.69 Å². The summed E-state index contributed by atoms with van der Waals surface area (Å²) in [6.07, 6.45) is 0.178. The van der Waals surface area contributed by atoms with Crippen LogP contribution in [-0.2, 0) is 20.7 Å². The Balaban J connectivity index is 2.23. The van der Waals surface area contributed by atoms with Crippen LogP contribution in [0, 0.1) is 13.8 Å². The summed E-state index contributed by atoms with van der Waals surface area (Å²) in [5, 5.41) is 2.71. The second-order valence-electron chi connectivity index (χ2n) is 5.93. The zero-order valence-electron chi connectivity index (χ0n) is 15.2. The van der Waals surface area contributed by atoms with Gasteiger partial charge in [0.25, 0.3) is 0 Å². The smallest absolute Gasteiger partial charge is 0.337 e. The molecule has 0 fully saturated rings. The summed E-state index contributed by atoms with van der Waals surface area (Å²) in [4.78, 5) is 35.9. The molecule has 0 aliphatic carbocycles. The summed E-state index contributed by atoms with van der Waals surface area (Å²) in [7, 11) is 2.48. The molecule has 26 heavy (non-hydrogen) atoms. The Kier molecular flexibility index (Phi) is 6.11. The van der Waals surface area contributed by atoms with E-state index in [1.54, 1.807) is 0 Å². The van der Waals surface area contributed by atoms with Crippen molar-refractivity contribution in [3.05, 3.63) is 64.2 Å². The highest BCUT2D eigenvalue weighted by Crippen LogP contribution is 2.18. The fourth-order valence-electron chi connectivity index (χ4n) is 2.48. The number of hydrogen-bond acceptors (Lipinski definition) is 5. The maximum Gasteiger partial charge on any atom is 0.337 e. The summed E-state index contributed by atoms with van der Waals surface area (Å²) in [6, 6.07) is 10.1. The highest BCUT2D eigenvalue weighted by Gasteiger charge is 2.15. The molecule has 0 radical (unpaired) electrons. The molecule has 0 heterocycles. The number of hydrogen-bond donors (Lipinski definition) is 1. The predicted octanol–water partition coefficient (Wildman–Crippen LogP) is 3.06. The average molecular weight is 355 g/mol. The minimum absolute atomic E-state index is 0.150. The lowest BCUT2D eigenvalue weighted by molar-refractivity contribution is -0.115. The first kappa shape index (κ1) is 19.2. The normalized spacial score (nSPS) is 10.2. The molecule has 0 unspecified atom stereocenters. The van der Waals surface area contributed by atoms with Crippen LogP contribution >= 0.6 is 0 Å². The fraction of sp³-hybridized carbons (Fsp3) is 0.250. The Bertz CT molecular complexity index is 823. The second-order valence-corrected chi connectivity index (χ2v) is 5.93. The Morgan fingerprint density at radius 3 is 1.92 bits per heavy atom. The third-order valence-corrected chi connectivity index (χ3v) is 3.99. The summed E-state index contributed by atoms with van der Waals surface area (Å²) in [6.45, 7) is 3.99. The first-order chi connectivity index (χ1) is 12.3. The molecule has 0 spiro atoms. The average Bonchev–Trinajstić information content (AvgIpc) is 2.62. The Morgan fingerprint density at radius 1 is 0.846 bits per heavy atom. The lowest BCUT2D eigenvalue weighted by Gasteiger charge is -2.10. The van der Waals surface area contributed by atoms with E-state index < -0.39 is 11.9 Å². The molecule has 0 aliphatic heterocycles. The van der Waals surface area contributed by atoms with Crippen LogP contribution in [0.25, 0.3) is 0 Å². The van der Waals surface area contributed by atoms with Gasteiger partial charge in [0.1, 0.15) is 0 Å². The van der Waals surface area contributed by atoms with Crippen molar-refractivity contribution >= 4 is 23.5 Å². The molecule has 0 bridgehead atoms. The van der Waals surface area contributed by atoms with Gasteiger partial charge in [0, 0.05) is 5.69 Å². The number of methoxy groups -OCH3 is 2. The highest BCUT2D eigenvalue weighted by molar-refractivity contribution is 5.99. The molecule has 136 valence electrons. The number of benzene rings is 2. The third kappa shape index (κ3) is 4.69. The van der Waals surface area contributed by atoms with Gasteiger partial charge >= 0.3 is 11.9 Å². The van der Waals surface area contributed by atoms with Crippen molar-refractivity contribution in [2.45, 2.75) is 20.3 Å². The fourth-order valence-corrected chi connectivity index (χ4v) is 2.48. The summed E-state index contributed by atoms with van der Waals surface area (Å²) >= 11 is 0. The molecule has 1 amide bonds. The molecule has 0 atom stereocenters. The van der Waals surface area contributed by atoms with Crippen LogP contribution in [0.3, 0.4) is 0 Å². The van der Waals surface area contributed by atoms with Gasteiger partial charge in [0.15, 0.2) is 0 Å². The molecule has 6 heteroatoms. The van der Waals surface area contributed by atoms with Crippen LogP contribution in [0.5, 0.6) is 0 Å². The van der Waals surface area contributed by atoms with Crippen molar-refractivity contribution in [3.63, 3.8) is 0 Å². The zero-order valence-corrected chi connectivity index (χ0v) is 15.2. The van der Waals surface area contributed by atoms with Crippen molar-refractivity contribution in [3.8, 4) is 0 Å². The number of aryl methyl sites for hydroxylation is 2. The van der Waals surface area contributed by atoms with Crippen LogP contribution in [-0.4, -0.2) is 32.1 Å². The van der Waals surface area contributed by atoms with Crippen molar-refractivity contribution in [2.75, 3.05) is 19.5 Å². The van der Waals surface area contributed by atoms with Gasteiger partial charge in [-0.2, -0.15) is 0 Å². The molecule has 0 aromatic heterocycles.